The van der Waals surface area contributed by atoms with E-state index in [9.17, 15) is 14.4 Å². The van der Waals surface area contributed by atoms with Gasteiger partial charge in [0.2, 0.25) is 5.91 Å². The Morgan fingerprint density at radius 2 is 1.88 bits per heavy atom. The van der Waals surface area contributed by atoms with Crippen LogP contribution in [0.3, 0.4) is 0 Å². The maximum absolute atomic E-state index is 11.4. The molecule has 0 bridgehead atoms. The molecule has 1 heterocycles. The number of nitrogens with zero attached hydrogens (tertiary/aromatic N) is 1. The number of carbonyl (C=O) groups excluding carboxylic acids is 2. The molecule has 1 rings (SSSR count). The molecule has 1 fully saturated rings. The lowest BCUT2D eigenvalue weighted by atomic mass is 9.97. The number of likely N-dealkylation sites (tertiary alicyclic amines) is 1. The predicted octanol–water partition coefficient (Wildman–Crippen LogP) is -0.761. The molecule has 17 heavy (non-hydrogen) atoms. The van der Waals surface area contributed by atoms with E-state index in [1.54, 1.807) is 0 Å². The first-order valence-electron chi connectivity index (χ1n) is 5.49. The maximum atomic E-state index is 11.4. The fraction of sp³-hybridized carbons (Fsp3) is 0.700. The molecule has 1 saturated heterocycles. The topological polar surface area (TPSA) is 98.7 Å². The minimum atomic E-state index is -0.778. The van der Waals surface area contributed by atoms with Crippen LogP contribution in [0.4, 0.5) is 4.79 Å². The molecule has 0 spiro atoms. The monoisotopic (exact) mass is 243 g/mol. The highest BCUT2D eigenvalue weighted by molar-refractivity contribution is 5.95. The zero-order chi connectivity index (χ0) is 12.8. The van der Waals surface area contributed by atoms with Gasteiger partial charge in [-0.15, -0.1) is 0 Å². The third-order valence-corrected chi connectivity index (χ3v) is 2.78. The van der Waals surface area contributed by atoms with E-state index in [4.69, 9.17) is 5.11 Å². The maximum Gasteiger partial charge on any atom is 0.321 e. The highest BCUT2D eigenvalue weighted by atomic mass is 16.4. The normalized spacial score (nSPS) is 17.5. The number of carboxylic acids is 1. The Bertz CT molecular complexity index is 311. The highest BCUT2D eigenvalue weighted by Gasteiger charge is 2.25. The first-order valence-corrected chi connectivity index (χ1v) is 5.49. The lowest BCUT2D eigenvalue weighted by Crippen LogP contribution is -2.46. The molecule has 7 nitrogen and oxygen atoms in total. The van der Waals surface area contributed by atoms with Crippen molar-refractivity contribution in [2.75, 3.05) is 26.7 Å². The van der Waals surface area contributed by atoms with Crippen molar-refractivity contribution in [1.29, 1.82) is 0 Å². The van der Waals surface area contributed by atoms with E-state index >= 15 is 0 Å². The first-order chi connectivity index (χ1) is 8.02. The summed E-state index contributed by atoms with van der Waals surface area (Å²) in [4.78, 5) is 34.8. The second-order valence-electron chi connectivity index (χ2n) is 4.02. The molecular formula is C10H17N3O4. The zero-order valence-corrected chi connectivity index (χ0v) is 9.73. The van der Waals surface area contributed by atoms with Gasteiger partial charge in [-0.1, -0.05) is 0 Å². The van der Waals surface area contributed by atoms with Crippen LogP contribution in [0.1, 0.15) is 12.8 Å². The van der Waals surface area contributed by atoms with Gasteiger partial charge in [-0.3, -0.25) is 19.8 Å². The fourth-order valence-corrected chi connectivity index (χ4v) is 1.77. The number of aliphatic carboxylic acids is 1. The van der Waals surface area contributed by atoms with Crippen molar-refractivity contribution >= 4 is 17.9 Å². The van der Waals surface area contributed by atoms with Gasteiger partial charge in [-0.05, 0) is 25.9 Å². The Kier molecular flexibility index (Phi) is 4.89. The number of urea groups is 1. The Morgan fingerprint density at radius 3 is 2.35 bits per heavy atom. The van der Waals surface area contributed by atoms with Gasteiger partial charge in [-0.25, -0.2) is 4.79 Å². The molecule has 1 aliphatic rings. The molecule has 0 unspecified atom stereocenters. The van der Waals surface area contributed by atoms with Crippen LogP contribution in [0.5, 0.6) is 0 Å². The summed E-state index contributed by atoms with van der Waals surface area (Å²) in [6.45, 7) is 1.26. The summed E-state index contributed by atoms with van der Waals surface area (Å²) in [6.07, 6.45) is 1.09. The number of hydrogen-bond acceptors (Lipinski definition) is 4. The van der Waals surface area contributed by atoms with Crippen LogP contribution in [0.15, 0.2) is 0 Å². The molecule has 0 atom stereocenters. The average Bonchev–Trinajstić information content (AvgIpc) is 2.29. The Morgan fingerprint density at radius 1 is 1.29 bits per heavy atom. The zero-order valence-electron chi connectivity index (χ0n) is 9.73. The van der Waals surface area contributed by atoms with Crippen LogP contribution in [-0.2, 0) is 9.59 Å². The number of imide groups is 1. The minimum Gasteiger partial charge on any atom is -0.481 e. The number of amides is 3. The van der Waals surface area contributed by atoms with E-state index in [0.717, 1.165) is 0 Å². The second kappa shape index (κ2) is 6.19. The van der Waals surface area contributed by atoms with Crippen molar-refractivity contribution in [2.45, 2.75) is 12.8 Å². The van der Waals surface area contributed by atoms with Crippen molar-refractivity contribution in [3.05, 3.63) is 0 Å². The quantitative estimate of drug-likeness (QED) is 0.605. The number of carboxylic acid groups (broad SMARTS) is 1. The SMILES string of the molecule is CNC(=O)NC(=O)CN1CCC(C(=O)O)CC1. The summed E-state index contributed by atoms with van der Waals surface area (Å²) in [5, 5.41) is 13.3. The Hall–Kier alpha value is -1.63. The Labute approximate surface area is 99.2 Å². The van der Waals surface area contributed by atoms with Gasteiger partial charge < -0.3 is 10.4 Å². The summed E-state index contributed by atoms with van der Waals surface area (Å²) in [5.74, 6) is -1.47. The van der Waals surface area contributed by atoms with Crippen molar-refractivity contribution in [3.63, 3.8) is 0 Å². The third-order valence-electron chi connectivity index (χ3n) is 2.78. The molecule has 0 saturated carbocycles. The third kappa shape index (κ3) is 4.39. The summed E-state index contributed by atoms with van der Waals surface area (Å²) >= 11 is 0. The first kappa shape index (κ1) is 13.4. The molecular weight excluding hydrogens is 226 g/mol. The molecule has 96 valence electrons. The van der Waals surface area contributed by atoms with Gasteiger partial charge in [0.1, 0.15) is 0 Å². The number of piperidine rings is 1. The molecule has 3 amide bonds. The van der Waals surface area contributed by atoms with E-state index in [2.05, 4.69) is 10.6 Å². The molecule has 7 heteroatoms. The standard InChI is InChI=1S/C10H17N3O4/c1-11-10(17)12-8(14)6-13-4-2-7(3-5-13)9(15)16/h7H,2-6H2,1H3,(H,15,16)(H2,11,12,14,17). The van der Waals surface area contributed by atoms with E-state index < -0.39 is 12.0 Å². The van der Waals surface area contributed by atoms with Gasteiger partial charge in [0.05, 0.1) is 12.5 Å². The molecule has 0 aromatic heterocycles. The van der Waals surface area contributed by atoms with Gasteiger partial charge in [0.25, 0.3) is 0 Å². The Balaban J connectivity index is 2.28. The summed E-state index contributed by atoms with van der Waals surface area (Å²) in [6, 6.07) is -0.532. The van der Waals surface area contributed by atoms with E-state index in [1.165, 1.54) is 7.05 Å². The van der Waals surface area contributed by atoms with Gasteiger partial charge in [0, 0.05) is 7.05 Å². The second-order valence-corrected chi connectivity index (χ2v) is 4.02. The van der Waals surface area contributed by atoms with E-state index in [-0.39, 0.29) is 18.4 Å². The minimum absolute atomic E-state index is 0.125. The summed E-state index contributed by atoms with van der Waals surface area (Å²) < 4.78 is 0. The number of hydrogen-bond donors (Lipinski definition) is 3. The highest BCUT2D eigenvalue weighted by Crippen LogP contribution is 2.16. The van der Waals surface area contributed by atoms with Crippen molar-refractivity contribution in [2.24, 2.45) is 5.92 Å². The molecule has 0 aromatic carbocycles. The smallest absolute Gasteiger partial charge is 0.321 e. The van der Waals surface area contributed by atoms with Crippen molar-refractivity contribution < 1.29 is 19.5 Å². The molecule has 3 N–H and O–H groups in total. The van der Waals surface area contributed by atoms with Crippen LogP contribution in [0.2, 0.25) is 0 Å². The van der Waals surface area contributed by atoms with Gasteiger partial charge in [-0.2, -0.15) is 0 Å². The number of rotatable bonds is 3. The van der Waals surface area contributed by atoms with Gasteiger partial charge >= 0.3 is 12.0 Å². The number of nitrogens with one attached hydrogen (secondary N) is 2. The summed E-state index contributed by atoms with van der Waals surface area (Å²) in [5.41, 5.74) is 0. The van der Waals surface area contributed by atoms with Gasteiger partial charge in [0.15, 0.2) is 0 Å². The number of carbonyl (C=O) groups is 3. The van der Waals surface area contributed by atoms with Crippen LogP contribution < -0.4 is 10.6 Å². The summed E-state index contributed by atoms with van der Waals surface area (Å²) in [7, 11) is 1.43. The van der Waals surface area contributed by atoms with Crippen LogP contribution in [-0.4, -0.2) is 54.6 Å². The molecule has 0 aliphatic carbocycles. The van der Waals surface area contributed by atoms with Crippen LogP contribution >= 0.6 is 0 Å². The average molecular weight is 243 g/mol. The van der Waals surface area contributed by atoms with Crippen molar-refractivity contribution in [3.8, 4) is 0 Å². The molecule has 1 aliphatic heterocycles. The predicted molar refractivity (Wildman–Crippen MR) is 59.4 cm³/mol. The fourth-order valence-electron chi connectivity index (χ4n) is 1.77. The van der Waals surface area contributed by atoms with Crippen LogP contribution in [0.25, 0.3) is 0 Å². The largest absolute Gasteiger partial charge is 0.481 e. The molecule has 0 radical (unpaired) electrons. The van der Waals surface area contributed by atoms with Crippen LogP contribution in [0, 0.1) is 5.92 Å². The lowest BCUT2D eigenvalue weighted by Gasteiger charge is -2.29. The van der Waals surface area contributed by atoms with E-state index in [1.807, 2.05) is 4.90 Å². The van der Waals surface area contributed by atoms with Crippen molar-refractivity contribution in [1.82, 2.24) is 15.5 Å². The molecule has 0 aromatic rings. The van der Waals surface area contributed by atoms with E-state index in [0.29, 0.717) is 25.9 Å². The lowest BCUT2D eigenvalue weighted by molar-refractivity contribution is -0.143.